The number of fused-ring (bicyclic) bond motifs is 1. The van der Waals surface area contributed by atoms with Crippen molar-refractivity contribution in [3.63, 3.8) is 0 Å². The van der Waals surface area contributed by atoms with Gasteiger partial charge >= 0.3 is 0 Å². The molecule has 2 aromatic heterocycles. The Balaban J connectivity index is 1.68. The van der Waals surface area contributed by atoms with E-state index in [9.17, 15) is 4.39 Å². The minimum absolute atomic E-state index is 0.436. The van der Waals surface area contributed by atoms with Crippen LogP contribution in [-0.4, -0.2) is 25.2 Å². The van der Waals surface area contributed by atoms with Crippen LogP contribution < -0.4 is 0 Å². The first-order chi connectivity index (χ1) is 11.3. The Morgan fingerprint density at radius 3 is 2.78 bits per heavy atom. The summed E-state index contributed by atoms with van der Waals surface area (Å²) < 4.78 is 14.9. The fourth-order valence-electron chi connectivity index (χ4n) is 2.77. The van der Waals surface area contributed by atoms with Crippen molar-refractivity contribution >= 4 is 10.9 Å². The molecule has 4 rings (SSSR count). The normalized spacial score (nSPS) is 11.2. The van der Waals surface area contributed by atoms with Gasteiger partial charge in [-0.05, 0) is 40.6 Å². The molecule has 2 heterocycles. The van der Waals surface area contributed by atoms with Crippen LogP contribution in [0.5, 0.6) is 0 Å². The molecule has 1 N–H and O–H groups in total. The zero-order chi connectivity index (χ0) is 15.6. The molecule has 0 radical (unpaired) electrons. The Hall–Kier alpha value is -3.02. The summed E-state index contributed by atoms with van der Waals surface area (Å²) in [5.74, 6) is 0.579. The summed E-state index contributed by atoms with van der Waals surface area (Å²) in [6.07, 6.45) is 2.03. The monoisotopic (exact) mass is 307 g/mol. The van der Waals surface area contributed by atoms with Gasteiger partial charge in [-0.25, -0.2) is 4.39 Å². The molecule has 0 saturated carbocycles. The SMILES string of the molecule is FCc1cccc(Cn2ccc3cc(-c4nn[nH]n4)ccc32)c1. The molecule has 23 heavy (non-hydrogen) atoms. The van der Waals surface area contributed by atoms with Gasteiger partial charge in [-0.15, -0.1) is 10.2 Å². The maximum atomic E-state index is 12.8. The Morgan fingerprint density at radius 1 is 1.04 bits per heavy atom. The highest BCUT2D eigenvalue weighted by Gasteiger charge is 2.07. The largest absolute Gasteiger partial charge is 0.343 e. The van der Waals surface area contributed by atoms with E-state index >= 15 is 0 Å². The number of rotatable bonds is 4. The molecule has 0 spiro atoms. The molecule has 0 fully saturated rings. The number of tetrazole rings is 1. The summed E-state index contributed by atoms with van der Waals surface area (Å²) in [6.45, 7) is 0.271. The van der Waals surface area contributed by atoms with Crippen LogP contribution >= 0.6 is 0 Å². The van der Waals surface area contributed by atoms with Crippen molar-refractivity contribution in [2.45, 2.75) is 13.2 Å². The van der Waals surface area contributed by atoms with Gasteiger partial charge in [0.05, 0.1) is 0 Å². The van der Waals surface area contributed by atoms with Gasteiger partial charge in [-0.3, -0.25) is 0 Å². The van der Waals surface area contributed by atoms with Crippen LogP contribution in [0.15, 0.2) is 54.7 Å². The number of alkyl halides is 1. The zero-order valence-corrected chi connectivity index (χ0v) is 12.3. The molecule has 2 aromatic carbocycles. The average Bonchev–Trinajstić information content (AvgIpc) is 3.25. The van der Waals surface area contributed by atoms with E-state index in [0.717, 1.165) is 22.0 Å². The van der Waals surface area contributed by atoms with Crippen molar-refractivity contribution in [2.24, 2.45) is 0 Å². The Labute approximate surface area is 131 Å². The Kier molecular flexibility index (Phi) is 3.34. The Bertz CT molecular complexity index is 943. The van der Waals surface area contributed by atoms with Gasteiger partial charge in [0, 0.05) is 29.2 Å². The number of hydrogen-bond acceptors (Lipinski definition) is 3. The molecular formula is C17H14FN5. The molecule has 0 amide bonds. The van der Waals surface area contributed by atoms with Crippen molar-refractivity contribution in [3.8, 4) is 11.4 Å². The van der Waals surface area contributed by atoms with E-state index in [4.69, 9.17) is 0 Å². The fourth-order valence-corrected chi connectivity index (χ4v) is 2.77. The molecule has 0 aliphatic heterocycles. The summed E-state index contributed by atoms with van der Waals surface area (Å²) >= 11 is 0. The van der Waals surface area contributed by atoms with E-state index in [0.29, 0.717) is 17.9 Å². The minimum atomic E-state index is -0.436. The van der Waals surface area contributed by atoms with Crippen LogP contribution in [0.3, 0.4) is 0 Å². The first-order valence-corrected chi connectivity index (χ1v) is 7.30. The Morgan fingerprint density at radius 2 is 1.96 bits per heavy atom. The molecule has 0 bridgehead atoms. The van der Waals surface area contributed by atoms with Gasteiger partial charge in [0.25, 0.3) is 0 Å². The van der Waals surface area contributed by atoms with E-state index in [1.807, 2.05) is 42.6 Å². The lowest BCUT2D eigenvalue weighted by Gasteiger charge is -2.07. The lowest BCUT2D eigenvalue weighted by molar-refractivity contribution is 0.485. The van der Waals surface area contributed by atoms with Gasteiger partial charge < -0.3 is 4.57 Å². The molecule has 5 nitrogen and oxygen atoms in total. The van der Waals surface area contributed by atoms with Gasteiger partial charge in [-0.1, -0.05) is 24.3 Å². The average molecular weight is 307 g/mol. The van der Waals surface area contributed by atoms with Crippen LogP contribution in [0.4, 0.5) is 4.39 Å². The quantitative estimate of drug-likeness (QED) is 0.629. The maximum absolute atomic E-state index is 12.8. The van der Waals surface area contributed by atoms with Gasteiger partial charge in [0.1, 0.15) is 6.67 Å². The van der Waals surface area contributed by atoms with Crippen LogP contribution in [0.25, 0.3) is 22.3 Å². The highest BCUT2D eigenvalue weighted by molar-refractivity contribution is 5.84. The zero-order valence-electron chi connectivity index (χ0n) is 12.3. The number of aromatic nitrogens is 5. The molecule has 6 heteroatoms. The van der Waals surface area contributed by atoms with E-state index in [2.05, 4.69) is 31.3 Å². The van der Waals surface area contributed by atoms with Crippen molar-refractivity contribution in [3.05, 3.63) is 65.9 Å². The number of hydrogen-bond donors (Lipinski definition) is 1. The maximum Gasteiger partial charge on any atom is 0.204 e. The molecule has 0 unspecified atom stereocenters. The molecule has 0 atom stereocenters. The van der Waals surface area contributed by atoms with Crippen molar-refractivity contribution in [1.29, 1.82) is 0 Å². The smallest absolute Gasteiger partial charge is 0.204 e. The number of aromatic amines is 1. The first kappa shape index (κ1) is 13.6. The lowest BCUT2D eigenvalue weighted by Crippen LogP contribution is -1.98. The summed E-state index contributed by atoms with van der Waals surface area (Å²) in [5, 5.41) is 15.1. The van der Waals surface area contributed by atoms with Gasteiger partial charge in [-0.2, -0.15) is 5.21 Å². The number of halogens is 1. The summed E-state index contributed by atoms with van der Waals surface area (Å²) in [6, 6.07) is 15.7. The molecule has 0 aliphatic carbocycles. The predicted octanol–water partition coefficient (Wildman–Crippen LogP) is 3.34. The molecule has 114 valence electrons. The second-order valence-corrected chi connectivity index (χ2v) is 5.41. The number of benzene rings is 2. The van der Waals surface area contributed by atoms with Gasteiger partial charge in [0.2, 0.25) is 5.82 Å². The molecular weight excluding hydrogens is 293 g/mol. The standard InChI is InChI=1S/C17H14FN5/c18-10-12-2-1-3-13(8-12)11-23-7-6-14-9-15(4-5-16(14)23)17-19-21-22-20-17/h1-9H,10-11H2,(H,19,20,21,22). The number of nitrogens with zero attached hydrogens (tertiary/aromatic N) is 4. The molecule has 0 saturated heterocycles. The number of nitrogens with one attached hydrogen (secondary N) is 1. The van der Waals surface area contributed by atoms with Gasteiger partial charge in [0.15, 0.2) is 0 Å². The second kappa shape index (κ2) is 5.64. The summed E-state index contributed by atoms with van der Waals surface area (Å²) in [5.41, 5.74) is 3.82. The van der Waals surface area contributed by atoms with Crippen molar-refractivity contribution in [2.75, 3.05) is 0 Å². The van der Waals surface area contributed by atoms with Crippen LogP contribution in [0.1, 0.15) is 11.1 Å². The van der Waals surface area contributed by atoms with Crippen LogP contribution in [0.2, 0.25) is 0 Å². The fraction of sp³-hybridized carbons (Fsp3) is 0.118. The summed E-state index contributed by atoms with van der Waals surface area (Å²) in [7, 11) is 0. The molecule has 0 aliphatic rings. The van der Waals surface area contributed by atoms with E-state index < -0.39 is 6.67 Å². The second-order valence-electron chi connectivity index (χ2n) is 5.41. The van der Waals surface area contributed by atoms with E-state index in [1.165, 1.54) is 0 Å². The third kappa shape index (κ3) is 2.59. The topological polar surface area (TPSA) is 59.4 Å². The highest BCUT2D eigenvalue weighted by atomic mass is 19.1. The predicted molar refractivity (Wildman–Crippen MR) is 85.5 cm³/mol. The number of H-pyrrole nitrogens is 1. The van der Waals surface area contributed by atoms with E-state index in [-0.39, 0.29) is 0 Å². The highest BCUT2D eigenvalue weighted by Crippen LogP contribution is 2.23. The molecule has 4 aromatic rings. The first-order valence-electron chi connectivity index (χ1n) is 7.30. The third-order valence-corrected chi connectivity index (χ3v) is 3.87. The lowest BCUT2D eigenvalue weighted by atomic mass is 10.1. The minimum Gasteiger partial charge on any atom is -0.343 e. The van der Waals surface area contributed by atoms with Crippen LogP contribution in [-0.2, 0) is 13.2 Å². The van der Waals surface area contributed by atoms with Crippen LogP contribution in [0, 0.1) is 0 Å². The van der Waals surface area contributed by atoms with E-state index in [1.54, 1.807) is 6.07 Å². The third-order valence-electron chi connectivity index (χ3n) is 3.87. The van der Waals surface area contributed by atoms with Crippen molar-refractivity contribution in [1.82, 2.24) is 25.2 Å². The summed E-state index contributed by atoms with van der Waals surface area (Å²) in [4.78, 5) is 0. The van der Waals surface area contributed by atoms with Crippen molar-refractivity contribution < 1.29 is 4.39 Å².